The highest BCUT2D eigenvalue weighted by Gasteiger charge is 2.47. The summed E-state index contributed by atoms with van der Waals surface area (Å²) in [7, 11) is 1.96. The van der Waals surface area contributed by atoms with E-state index in [0.29, 0.717) is 54.9 Å². The number of imidazole rings is 3. The van der Waals surface area contributed by atoms with Crippen LogP contribution in [0.2, 0.25) is 0 Å². The SMILES string of the molecule is CCn1nnc([C@H]2O[C@@H](n3cnc4c(NC5CCC(Nc6ccnc(NCCc7cn(C)cn7)n6)CC5)nc(NCCc5cnc[nH]5)nc43)[C@H](O)[C@@H]2O)n1. The number of H-pyrrole nitrogens is 1. The summed E-state index contributed by atoms with van der Waals surface area (Å²) in [6.07, 6.45) is 11.0. The first kappa shape index (κ1) is 35.2. The van der Waals surface area contributed by atoms with Crippen molar-refractivity contribution >= 4 is 34.7 Å². The van der Waals surface area contributed by atoms with Crippen LogP contribution in [0.15, 0.2) is 43.6 Å². The third kappa shape index (κ3) is 7.77. The van der Waals surface area contributed by atoms with E-state index in [-0.39, 0.29) is 17.9 Å². The molecule has 0 aromatic carbocycles. The largest absolute Gasteiger partial charge is 0.387 e. The summed E-state index contributed by atoms with van der Waals surface area (Å²) in [4.78, 5) is 36.3. The lowest BCUT2D eigenvalue weighted by Crippen LogP contribution is -2.33. The van der Waals surface area contributed by atoms with Crippen molar-refractivity contribution < 1.29 is 14.9 Å². The Morgan fingerprint density at radius 1 is 0.926 bits per heavy atom. The van der Waals surface area contributed by atoms with Gasteiger partial charge < -0.3 is 45.8 Å². The predicted molar refractivity (Wildman–Crippen MR) is 195 cm³/mol. The molecule has 2 aliphatic rings. The second-order valence-electron chi connectivity index (χ2n) is 13.5. The molecule has 4 atom stereocenters. The second-order valence-corrected chi connectivity index (χ2v) is 13.5. The van der Waals surface area contributed by atoms with Crippen LogP contribution in [-0.2, 0) is 31.2 Å². The molecule has 8 rings (SSSR count). The number of ether oxygens (including phenoxy) is 1. The van der Waals surface area contributed by atoms with Gasteiger partial charge in [0.15, 0.2) is 29.3 Å². The van der Waals surface area contributed by atoms with Crippen molar-refractivity contribution in [3.63, 3.8) is 0 Å². The molecule has 1 aliphatic carbocycles. The molecule has 6 aromatic heterocycles. The summed E-state index contributed by atoms with van der Waals surface area (Å²) < 4.78 is 9.71. The number of aliphatic hydroxyl groups excluding tert-OH is 2. The maximum Gasteiger partial charge on any atom is 0.226 e. The van der Waals surface area contributed by atoms with Crippen LogP contribution in [-0.4, -0.2) is 117 Å². The van der Waals surface area contributed by atoms with Crippen molar-refractivity contribution in [3.8, 4) is 0 Å². The topological polar surface area (TPSA) is 257 Å². The van der Waals surface area contributed by atoms with Crippen LogP contribution in [0.5, 0.6) is 0 Å². The number of fused-ring (bicyclic) bond motifs is 1. The molecule has 0 amide bonds. The first-order valence-electron chi connectivity index (χ1n) is 18.2. The van der Waals surface area contributed by atoms with Crippen LogP contribution in [0.3, 0.4) is 0 Å². The van der Waals surface area contributed by atoms with E-state index in [1.165, 1.54) is 4.80 Å². The third-order valence-corrected chi connectivity index (χ3v) is 9.67. The van der Waals surface area contributed by atoms with E-state index in [0.717, 1.165) is 49.3 Å². The molecule has 0 spiro atoms. The van der Waals surface area contributed by atoms with E-state index >= 15 is 0 Å². The van der Waals surface area contributed by atoms with Gasteiger partial charge in [-0.25, -0.2) is 19.9 Å². The normalized spacial score (nSPS) is 22.8. The maximum atomic E-state index is 11.1. The van der Waals surface area contributed by atoms with Crippen molar-refractivity contribution in [3.05, 3.63) is 60.9 Å². The zero-order chi connectivity index (χ0) is 37.0. The fourth-order valence-corrected chi connectivity index (χ4v) is 6.83. The van der Waals surface area contributed by atoms with Crippen LogP contribution < -0.4 is 21.3 Å². The van der Waals surface area contributed by atoms with Gasteiger partial charge in [-0.3, -0.25) is 4.57 Å². The van der Waals surface area contributed by atoms with Gasteiger partial charge in [-0.05, 0) is 43.9 Å². The van der Waals surface area contributed by atoms with Gasteiger partial charge in [0.25, 0.3) is 0 Å². The van der Waals surface area contributed by atoms with Crippen LogP contribution in [0, 0.1) is 0 Å². The molecule has 0 bridgehead atoms. The van der Waals surface area contributed by atoms with Crippen molar-refractivity contribution in [2.24, 2.45) is 7.05 Å². The average Bonchev–Trinajstić information content (AvgIpc) is 4.03. The highest BCUT2D eigenvalue weighted by Crippen LogP contribution is 2.39. The fourth-order valence-electron chi connectivity index (χ4n) is 6.83. The molecule has 7 N–H and O–H groups in total. The van der Waals surface area contributed by atoms with Gasteiger partial charge in [-0.2, -0.15) is 19.7 Å². The molecule has 2 fully saturated rings. The molecule has 6 aromatic rings. The quantitative estimate of drug-likeness (QED) is 0.0781. The lowest BCUT2D eigenvalue weighted by atomic mass is 9.91. The van der Waals surface area contributed by atoms with Crippen molar-refractivity contribution in [1.82, 2.24) is 69.2 Å². The lowest BCUT2D eigenvalue weighted by molar-refractivity contribution is -0.0384. The highest BCUT2D eigenvalue weighted by atomic mass is 16.6. The number of aryl methyl sites for hydroxylation is 2. The van der Waals surface area contributed by atoms with E-state index in [9.17, 15) is 10.2 Å². The number of aliphatic hydroxyl groups is 2. The number of aromatic amines is 1. The van der Waals surface area contributed by atoms with Crippen molar-refractivity contribution in [2.75, 3.05) is 34.4 Å². The zero-order valence-corrected chi connectivity index (χ0v) is 30.0. The van der Waals surface area contributed by atoms with Crippen LogP contribution >= 0.6 is 0 Å². The molecule has 0 unspecified atom stereocenters. The summed E-state index contributed by atoms with van der Waals surface area (Å²) in [6.45, 7) is 3.61. The molecule has 21 heteroatoms. The molecule has 1 aliphatic heterocycles. The fraction of sp³-hybridized carbons (Fsp3) is 0.515. The molecular weight excluding hydrogens is 696 g/mol. The zero-order valence-electron chi connectivity index (χ0n) is 30.0. The summed E-state index contributed by atoms with van der Waals surface area (Å²) in [6, 6.07) is 2.27. The minimum Gasteiger partial charge on any atom is -0.387 e. The Balaban J connectivity index is 0.941. The molecule has 21 nitrogen and oxygen atoms in total. The smallest absolute Gasteiger partial charge is 0.226 e. The molecule has 1 saturated heterocycles. The first-order valence-corrected chi connectivity index (χ1v) is 18.2. The highest BCUT2D eigenvalue weighted by molar-refractivity contribution is 5.84. The van der Waals surface area contributed by atoms with Gasteiger partial charge in [0, 0.05) is 69.3 Å². The van der Waals surface area contributed by atoms with E-state index in [1.54, 1.807) is 35.9 Å². The number of hydrogen-bond acceptors (Lipinski definition) is 17. The van der Waals surface area contributed by atoms with Crippen molar-refractivity contribution in [1.29, 1.82) is 0 Å². The molecule has 54 heavy (non-hydrogen) atoms. The Morgan fingerprint density at radius 3 is 2.50 bits per heavy atom. The lowest BCUT2D eigenvalue weighted by Gasteiger charge is -2.30. The van der Waals surface area contributed by atoms with Crippen LogP contribution in [0.1, 0.15) is 62.2 Å². The van der Waals surface area contributed by atoms with Gasteiger partial charge in [0.05, 0.1) is 31.2 Å². The Labute approximate surface area is 309 Å². The van der Waals surface area contributed by atoms with Crippen LogP contribution in [0.25, 0.3) is 11.2 Å². The number of hydrogen-bond donors (Lipinski definition) is 7. The first-order chi connectivity index (χ1) is 26.4. The summed E-state index contributed by atoms with van der Waals surface area (Å²) >= 11 is 0. The van der Waals surface area contributed by atoms with Gasteiger partial charge in [-0.1, -0.05) is 0 Å². The maximum absolute atomic E-state index is 11.1. The molecule has 284 valence electrons. The number of nitrogens with zero attached hydrogens (tertiary/aromatic N) is 13. The number of rotatable bonds is 15. The second kappa shape index (κ2) is 15.7. The summed E-state index contributed by atoms with van der Waals surface area (Å²) in [5, 5.41) is 48.2. The Bertz CT molecular complexity index is 2120. The molecule has 7 heterocycles. The monoisotopic (exact) mass is 740 g/mol. The third-order valence-electron chi connectivity index (χ3n) is 9.67. The van der Waals surface area contributed by atoms with Gasteiger partial charge in [0.1, 0.15) is 18.0 Å². The summed E-state index contributed by atoms with van der Waals surface area (Å²) in [5.74, 6) is 2.49. The molecule has 1 saturated carbocycles. The molecule has 0 radical (unpaired) electrons. The molecular formula is C33H44N18O3. The Kier molecular flexibility index (Phi) is 10.2. The minimum atomic E-state index is -1.31. The number of tetrazole rings is 1. The minimum absolute atomic E-state index is 0.130. The van der Waals surface area contributed by atoms with Gasteiger partial charge >= 0.3 is 0 Å². The predicted octanol–water partition coefficient (Wildman–Crippen LogP) is 1.22. The standard InChI is InChI=1S/C33H44N18O3/c1-3-51-47-29(46-48-51)27-25(52)26(53)31(54-27)50-18-40-24-28(44-33(45-30(24)50)37-11-8-21-14-34-16-38-21)42-20-6-4-19(5-7-20)41-23-10-13-36-32(43-23)35-12-9-22-15-49(2)17-39-22/h10,13-20,25-27,31,52-53H,3-9,11-12H2,1-2H3,(H,34,38)(H2,35,36,41,43)(H2,37,42,44,45)/t19?,20?,25-,26+,27-,31+/m0/s1. The van der Waals surface area contributed by atoms with E-state index in [2.05, 4.69) is 66.6 Å². The van der Waals surface area contributed by atoms with Gasteiger partial charge in [0.2, 0.25) is 17.7 Å². The van der Waals surface area contributed by atoms with Crippen LogP contribution in [0.4, 0.5) is 23.5 Å². The van der Waals surface area contributed by atoms with E-state index in [4.69, 9.17) is 14.7 Å². The van der Waals surface area contributed by atoms with Gasteiger partial charge in [-0.15, -0.1) is 10.2 Å². The summed E-state index contributed by atoms with van der Waals surface area (Å²) in [5.41, 5.74) is 2.94. The van der Waals surface area contributed by atoms with E-state index in [1.807, 2.05) is 30.8 Å². The Hall–Kier alpha value is -5.80. The number of aromatic nitrogens is 14. The van der Waals surface area contributed by atoms with E-state index < -0.39 is 24.5 Å². The average molecular weight is 741 g/mol. The van der Waals surface area contributed by atoms with Crippen molar-refractivity contribution in [2.45, 2.75) is 88.6 Å². The number of anilines is 4. The number of nitrogens with one attached hydrogen (secondary N) is 5. The Morgan fingerprint density at radius 2 is 1.74 bits per heavy atom.